The predicted octanol–water partition coefficient (Wildman–Crippen LogP) is 4.60. The fraction of sp³-hybridized carbons (Fsp3) is 0.118. The standard InChI is InChI=1S/C17H15BrO2/c18-17-10-7-14(8-11-17)6-9-16(12-20-13-19)15-4-2-1-3-5-15/h1-5,7-8,10-13H,6,9H2/b16-12+. The summed E-state index contributed by atoms with van der Waals surface area (Å²) in [6, 6.07) is 18.2. The quantitative estimate of drug-likeness (QED) is 0.571. The van der Waals surface area contributed by atoms with E-state index in [1.165, 1.54) is 11.8 Å². The van der Waals surface area contributed by atoms with E-state index >= 15 is 0 Å². The van der Waals surface area contributed by atoms with Crippen molar-refractivity contribution in [3.05, 3.63) is 76.5 Å². The Morgan fingerprint density at radius 3 is 2.40 bits per heavy atom. The molecule has 20 heavy (non-hydrogen) atoms. The lowest BCUT2D eigenvalue weighted by atomic mass is 9.99. The van der Waals surface area contributed by atoms with Crippen molar-refractivity contribution in [2.24, 2.45) is 0 Å². The highest BCUT2D eigenvalue weighted by Gasteiger charge is 2.03. The molecule has 0 aliphatic rings. The Hall–Kier alpha value is -1.87. The van der Waals surface area contributed by atoms with Gasteiger partial charge in [-0.2, -0.15) is 0 Å². The van der Waals surface area contributed by atoms with E-state index in [9.17, 15) is 4.79 Å². The Kier molecular flexibility index (Phi) is 5.56. The molecule has 0 aliphatic carbocycles. The molecule has 2 aromatic rings. The maximum atomic E-state index is 10.4. The van der Waals surface area contributed by atoms with Crippen molar-refractivity contribution in [1.82, 2.24) is 0 Å². The van der Waals surface area contributed by atoms with Crippen molar-refractivity contribution in [2.75, 3.05) is 0 Å². The van der Waals surface area contributed by atoms with Crippen LogP contribution in [0.2, 0.25) is 0 Å². The fourth-order valence-electron chi connectivity index (χ4n) is 1.96. The number of hydrogen-bond donors (Lipinski definition) is 0. The Bertz CT molecular complexity index is 574. The second-order valence-electron chi connectivity index (χ2n) is 4.37. The van der Waals surface area contributed by atoms with Crippen LogP contribution in [0.1, 0.15) is 17.5 Å². The van der Waals surface area contributed by atoms with Crippen molar-refractivity contribution in [2.45, 2.75) is 12.8 Å². The van der Waals surface area contributed by atoms with E-state index < -0.39 is 0 Å². The van der Waals surface area contributed by atoms with Crippen molar-refractivity contribution in [3.8, 4) is 0 Å². The number of allylic oxidation sites excluding steroid dienone is 1. The predicted molar refractivity (Wildman–Crippen MR) is 84.0 cm³/mol. The van der Waals surface area contributed by atoms with Crippen molar-refractivity contribution < 1.29 is 9.53 Å². The topological polar surface area (TPSA) is 26.3 Å². The molecule has 0 heterocycles. The molecule has 0 aromatic heterocycles. The highest BCUT2D eigenvalue weighted by atomic mass is 79.9. The highest BCUT2D eigenvalue weighted by Crippen LogP contribution is 2.21. The van der Waals surface area contributed by atoms with Gasteiger partial charge in [-0.1, -0.05) is 58.4 Å². The number of halogens is 1. The van der Waals surface area contributed by atoms with Gasteiger partial charge < -0.3 is 4.74 Å². The number of carbonyl (C=O) groups excluding carboxylic acids is 1. The minimum Gasteiger partial charge on any atom is -0.436 e. The van der Waals surface area contributed by atoms with Crippen LogP contribution >= 0.6 is 15.9 Å². The van der Waals surface area contributed by atoms with Gasteiger partial charge in [0.25, 0.3) is 6.47 Å². The summed E-state index contributed by atoms with van der Waals surface area (Å²) in [5.74, 6) is 0. The monoisotopic (exact) mass is 330 g/mol. The van der Waals surface area contributed by atoms with Gasteiger partial charge in [0.15, 0.2) is 0 Å². The van der Waals surface area contributed by atoms with Crippen LogP contribution in [0.5, 0.6) is 0 Å². The van der Waals surface area contributed by atoms with E-state index in [4.69, 9.17) is 4.74 Å². The molecule has 0 spiro atoms. The summed E-state index contributed by atoms with van der Waals surface area (Å²) in [6.45, 7) is 0.447. The Balaban J connectivity index is 2.09. The van der Waals surface area contributed by atoms with Gasteiger partial charge in [0.2, 0.25) is 0 Å². The third-order valence-corrected chi connectivity index (χ3v) is 3.54. The van der Waals surface area contributed by atoms with Crippen LogP contribution in [0.3, 0.4) is 0 Å². The number of ether oxygens (including phenoxy) is 1. The third-order valence-electron chi connectivity index (χ3n) is 3.01. The zero-order valence-corrected chi connectivity index (χ0v) is 12.5. The van der Waals surface area contributed by atoms with Gasteiger partial charge in [-0.25, -0.2) is 0 Å². The molecule has 0 saturated carbocycles. The van der Waals surface area contributed by atoms with E-state index in [-0.39, 0.29) is 0 Å². The second-order valence-corrected chi connectivity index (χ2v) is 5.28. The summed E-state index contributed by atoms with van der Waals surface area (Å²) >= 11 is 3.43. The van der Waals surface area contributed by atoms with Gasteiger partial charge in [-0.05, 0) is 41.7 Å². The van der Waals surface area contributed by atoms with Gasteiger partial charge in [0.05, 0.1) is 6.26 Å². The largest absolute Gasteiger partial charge is 0.436 e. The Morgan fingerprint density at radius 2 is 1.75 bits per heavy atom. The van der Waals surface area contributed by atoms with Crippen LogP contribution in [0.4, 0.5) is 0 Å². The van der Waals surface area contributed by atoms with Crippen LogP contribution < -0.4 is 0 Å². The minimum absolute atomic E-state index is 0.447. The molecule has 2 nitrogen and oxygen atoms in total. The SMILES string of the molecule is O=CO/C=C(\CCc1ccc(Br)cc1)c1ccccc1. The zero-order chi connectivity index (χ0) is 14.2. The smallest absolute Gasteiger partial charge is 0.297 e. The average molecular weight is 331 g/mol. The first-order valence-corrected chi connectivity index (χ1v) is 7.17. The molecule has 2 aromatic carbocycles. The number of carbonyl (C=O) groups is 1. The van der Waals surface area contributed by atoms with Gasteiger partial charge in [0.1, 0.15) is 0 Å². The van der Waals surface area contributed by atoms with Crippen molar-refractivity contribution in [3.63, 3.8) is 0 Å². The molecular formula is C17H15BrO2. The first-order chi connectivity index (χ1) is 9.79. The first-order valence-electron chi connectivity index (χ1n) is 6.37. The molecule has 0 amide bonds. The third kappa shape index (κ3) is 4.35. The Morgan fingerprint density at radius 1 is 1.05 bits per heavy atom. The molecule has 0 N–H and O–H groups in total. The van der Waals surface area contributed by atoms with E-state index in [1.807, 2.05) is 42.5 Å². The summed E-state index contributed by atoms with van der Waals surface area (Å²) in [4.78, 5) is 10.4. The first kappa shape index (κ1) is 14.5. The summed E-state index contributed by atoms with van der Waals surface area (Å²) in [5.41, 5.74) is 3.34. The number of hydrogen-bond acceptors (Lipinski definition) is 2. The van der Waals surface area contributed by atoms with Gasteiger partial charge in [0, 0.05) is 4.47 Å². The molecule has 102 valence electrons. The summed E-state index contributed by atoms with van der Waals surface area (Å²) in [6.07, 6.45) is 3.25. The second kappa shape index (κ2) is 7.65. The number of benzene rings is 2. The molecule has 0 aliphatic heterocycles. The molecule has 0 fully saturated rings. The van der Waals surface area contributed by atoms with Crippen LogP contribution in [0.15, 0.2) is 65.3 Å². The lowest BCUT2D eigenvalue weighted by Crippen LogP contribution is -1.91. The molecule has 0 unspecified atom stereocenters. The molecule has 3 heteroatoms. The maximum Gasteiger partial charge on any atom is 0.297 e. The fourth-order valence-corrected chi connectivity index (χ4v) is 2.23. The van der Waals surface area contributed by atoms with Crippen LogP contribution in [-0.2, 0) is 16.0 Å². The Labute approximate surface area is 127 Å². The average Bonchev–Trinajstić information content (AvgIpc) is 2.50. The molecular weight excluding hydrogens is 316 g/mol. The van der Waals surface area contributed by atoms with E-state index in [1.54, 1.807) is 0 Å². The van der Waals surface area contributed by atoms with E-state index in [0.29, 0.717) is 6.47 Å². The number of aryl methyl sites for hydroxylation is 1. The summed E-state index contributed by atoms with van der Waals surface area (Å²) < 4.78 is 5.88. The van der Waals surface area contributed by atoms with Crippen LogP contribution in [0.25, 0.3) is 5.57 Å². The summed E-state index contributed by atoms with van der Waals surface area (Å²) in [7, 11) is 0. The zero-order valence-electron chi connectivity index (χ0n) is 11.0. The highest BCUT2D eigenvalue weighted by molar-refractivity contribution is 9.10. The van der Waals surface area contributed by atoms with Crippen LogP contribution in [-0.4, -0.2) is 6.47 Å². The lowest BCUT2D eigenvalue weighted by Gasteiger charge is -2.07. The van der Waals surface area contributed by atoms with Crippen molar-refractivity contribution in [1.29, 1.82) is 0 Å². The van der Waals surface area contributed by atoms with Crippen molar-refractivity contribution >= 4 is 28.0 Å². The van der Waals surface area contributed by atoms with Gasteiger partial charge in [-0.15, -0.1) is 0 Å². The van der Waals surface area contributed by atoms with E-state index in [0.717, 1.165) is 28.5 Å². The molecule has 2 rings (SSSR count). The summed E-state index contributed by atoms with van der Waals surface area (Å²) in [5, 5.41) is 0. The normalized spacial score (nSPS) is 11.2. The molecule has 0 saturated heterocycles. The minimum atomic E-state index is 0.447. The van der Waals surface area contributed by atoms with Gasteiger partial charge in [-0.3, -0.25) is 4.79 Å². The molecule has 0 radical (unpaired) electrons. The van der Waals surface area contributed by atoms with Gasteiger partial charge >= 0.3 is 0 Å². The van der Waals surface area contributed by atoms with Crippen LogP contribution in [0, 0.1) is 0 Å². The molecule has 0 atom stereocenters. The lowest BCUT2D eigenvalue weighted by molar-refractivity contribution is -0.123. The maximum absolute atomic E-state index is 10.4. The molecule has 0 bridgehead atoms. The number of rotatable bonds is 6. The van der Waals surface area contributed by atoms with E-state index in [2.05, 4.69) is 28.1 Å².